The van der Waals surface area contributed by atoms with Gasteiger partial charge in [-0.2, -0.15) is 0 Å². The molecule has 0 saturated heterocycles. The zero-order chi connectivity index (χ0) is 15.3. The molecule has 0 aliphatic carbocycles. The normalized spacial score (nSPS) is 11.6. The van der Waals surface area contributed by atoms with Gasteiger partial charge >= 0.3 is 5.97 Å². The minimum atomic E-state index is -0.823. The Labute approximate surface area is 120 Å². The zero-order valence-corrected chi connectivity index (χ0v) is 11.6. The second-order valence-corrected chi connectivity index (χ2v) is 4.28. The van der Waals surface area contributed by atoms with Crippen LogP contribution in [0.2, 0.25) is 5.02 Å². The van der Waals surface area contributed by atoms with Crippen LogP contribution < -0.4 is 5.32 Å². The number of carbonyl (C=O) groups excluding carboxylic acids is 2. The fourth-order valence-corrected chi connectivity index (χ4v) is 1.65. The molecule has 0 aliphatic heterocycles. The summed E-state index contributed by atoms with van der Waals surface area (Å²) < 4.78 is 4.75. The van der Waals surface area contributed by atoms with Gasteiger partial charge < -0.3 is 10.1 Å². The van der Waals surface area contributed by atoms with Crippen molar-refractivity contribution in [1.29, 1.82) is 0 Å². The highest BCUT2D eigenvalue weighted by atomic mass is 35.5. The summed E-state index contributed by atoms with van der Waals surface area (Å²) in [6.07, 6.45) is 0. The molecule has 1 aromatic carbocycles. The Morgan fingerprint density at radius 2 is 2.15 bits per heavy atom. The van der Waals surface area contributed by atoms with E-state index in [1.807, 2.05) is 0 Å². The lowest BCUT2D eigenvalue weighted by atomic mass is 10.2. The van der Waals surface area contributed by atoms with Crippen molar-refractivity contribution in [3.8, 4) is 0 Å². The second kappa shape index (κ2) is 6.85. The highest BCUT2D eigenvalue weighted by Crippen LogP contribution is 2.24. The lowest BCUT2D eigenvalue weighted by Gasteiger charge is -2.12. The topological polar surface area (TPSA) is 98.5 Å². The fourth-order valence-electron chi connectivity index (χ4n) is 1.40. The molecule has 0 radical (unpaired) electrons. The van der Waals surface area contributed by atoms with Crippen molar-refractivity contribution in [2.24, 2.45) is 0 Å². The van der Waals surface area contributed by atoms with Crippen LogP contribution in [0, 0.1) is 10.1 Å². The molecule has 1 N–H and O–H groups in total. The SMILES string of the molecule is CCOC(=O)C(C)NC(=O)c1ccc([N+](=O)[O-])c(Cl)c1. The maximum atomic E-state index is 11.8. The van der Waals surface area contributed by atoms with Crippen LogP contribution in [0.25, 0.3) is 0 Å². The average molecular weight is 301 g/mol. The van der Waals surface area contributed by atoms with Gasteiger partial charge in [-0.1, -0.05) is 11.6 Å². The highest BCUT2D eigenvalue weighted by Gasteiger charge is 2.19. The molecule has 0 fully saturated rings. The number of carbonyl (C=O) groups is 2. The summed E-state index contributed by atoms with van der Waals surface area (Å²) in [4.78, 5) is 33.2. The van der Waals surface area contributed by atoms with Crippen molar-refractivity contribution in [1.82, 2.24) is 5.32 Å². The van der Waals surface area contributed by atoms with Crippen LogP contribution in [-0.2, 0) is 9.53 Å². The molecule has 0 saturated carbocycles. The summed E-state index contributed by atoms with van der Waals surface area (Å²) in [6.45, 7) is 3.34. The first-order chi connectivity index (χ1) is 9.36. The van der Waals surface area contributed by atoms with E-state index in [1.165, 1.54) is 19.1 Å². The van der Waals surface area contributed by atoms with Crippen LogP contribution in [0.4, 0.5) is 5.69 Å². The van der Waals surface area contributed by atoms with Crippen LogP contribution in [0.1, 0.15) is 24.2 Å². The Bertz CT molecular complexity index is 547. The van der Waals surface area contributed by atoms with E-state index >= 15 is 0 Å². The maximum Gasteiger partial charge on any atom is 0.328 e. The first kappa shape index (κ1) is 15.9. The molecule has 0 heterocycles. The lowest BCUT2D eigenvalue weighted by Crippen LogP contribution is -2.39. The molecule has 1 rings (SSSR count). The van der Waals surface area contributed by atoms with E-state index in [1.54, 1.807) is 6.92 Å². The molecule has 1 amide bonds. The van der Waals surface area contributed by atoms with E-state index in [2.05, 4.69) is 5.32 Å². The predicted molar refractivity (Wildman–Crippen MR) is 71.7 cm³/mol. The summed E-state index contributed by atoms with van der Waals surface area (Å²) >= 11 is 5.70. The number of benzene rings is 1. The molecule has 1 unspecified atom stereocenters. The Morgan fingerprint density at radius 3 is 2.65 bits per heavy atom. The van der Waals surface area contributed by atoms with Crippen molar-refractivity contribution in [2.75, 3.05) is 6.61 Å². The smallest absolute Gasteiger partial charge is 0.328 e. The van der Waals surface area contributed by atoms with E-state index in [9.17, 15) is 19.7 Å². The first-order valence-electron chi connectivity index (χ1n) is 5.78. The summed E-state index contributed by atoms with van der Waals surface area (Å²) in [5.74, 6) is -1.13. The van der Waals surface area contributed by atoms with Crippen LogP contribution in [0.15, 0.2) is 18.2 Å². The van der Waals surface area contributed by atoms with Crippen LogP contribution in [0.5, 0.6) is 0 Å². The number of rotatable bonds is 5. The van der Waals surface area contributed by atoms with Gasteiger partial charge in [0.25, 0.3) is 11.6 Å². The number of nitro benzene ring substituents is 1. The van der Waals surface area contributed by atoms with Gasteiger partial charge in [-0.25, -0.2) is 4.79 Å². The highest BCUT2D eigenvalue weighted by molar-refractivity contribution is 6.33. The van der Waals surface area contributed by atoms with Gasteiger partial charge in [0.15, 0.2) is 0 Å². The summed E-state index contributed by atoms with van der Waals surface area (Å²) in [6, 6.07) is 2.74. The third kappa shape index (κ3) is 3.92. The molecule has 8 heteroatoms. The van der Waals surface area contributed by atoms with E-state index in [0.29, 0.717) is 0 Å². The standard InChI is InChI=1S/C12H13ClN2O5/c1-3-20-12(17)7(2)14-11(16)8-4-5-10(15(18)19)9(13)6-8/h4-7H,3H2,1-2H3,(H,14,16). The van der Waals surface area contributed by atoms with Crippen molar-refractivity contribution >= 4 is 29.2 Å². The van der Waals surface area contributed by atoms with Crippen molar-refractivity contribution in [3.05, 3.63) is 38.9 Å². The molecule has 108 valence electrons. The Balaban J connectivity index is 2.81. The molecular formula is C12H13ClN2O5. The molecule has 7 nitrogen and oxygen atoms in total. The molecule has 0 spiro atoms. The van der Waals surface area contributed by atoms with Gasteiger partial charge in [0, 0.05) is 11.6 Å². The van der Waals surface area contributed by atoms with Crippen molar-refractivity contribution in [2.45, 2.75) is 19.9 Å². The number of ether oxygens (including phenoxy) is 1. The average Bonchev–Trinajstić information content (AvgIpc) is 2.38. The Hall–Kier alpha value is -2.15. The lowest BCUT2D eigenvalue weighted by molar-refractivity contribution is -0.384. The van der Waals surface area contributed by atoms with Gasteiger partial charge in [0.2, 0.25) is 0 Å². The number of nitrogens with zero attached hydrogens (tertiary/aromatic N) is 1. The number of amides is 1. The molecular weight excluding hydrogens is 288 g/mol. The van der Waals surface area contributed by atoms with Crippen molar-refractivity contribution < 1.29 is 19.2 Å². The van der Waals surface area contributed by atoms with Gasteiger partial charge in [-0.15, -0.1) is 0 Å². The molecule has 1 aromatic rings. The molecule has 0 aromatic heterocycles. The van der Waals surface area contributed by atoms with Gasteiger partial charge in [0.05, 0.1) is 11.5 Å². The number of esters is 1. The molecule has 0 aliphatic rings. The van der Waals surface area contributed by atoms with E-state index in [-0.39, 0.29) is 22.9 Å². The molecule has 20 heavy (non-hydrogen) atoms. The van der Waals surface area contributed by atoms with Crippen molar-refractivity contribution in [3.63, 3.8) is 0 Å². The van der Waals surface area contributed by atoms with E-state index in [4.69, 9.17) is 16.3 Å². The van der Waals surface area contributed by atoms with Crippen LogP contribution in [-0.4, -0.2) is 29.4 Å². The number of hydrogen-bond donors (Lipinski definition) is 1. The van der Waals surface area contributed by atoms with Gasteiger partial charge in [-0.05, 0) is 26.0 Å². The van der Waals surface area contributed by atoms with Gasteiger partial charge in [0.1, 0.15) is 11.1 Å². The molecule has 0 bridgehead atoms. The zero-order valence-electron chi connectivity index (χ0n) is 10.9. The van der Waals surface area contributed by atoms with E-state index in [0.717, 1.165) is 6.07 Å². The Morgan fingerprint density at radius 1 is 1.50 bits per heavy atom. The molecule has 1 atom stereocenters. The quantitative estimate of drug-likeness (QED) is 0.509. The first-order valence-corrected chi connectivity index (χ1v) is 6.16. The summed E-state index contributed by atoms with van der Waals surface area (Å²) in [5, 5.41) is 12.9. The van der Waals surface area contributed by atoms with E-state index < -0.39 is 22.8 Å². The minimum absolute atomic E-state index is 0.122. The summed E-state index contributed by atoms with van der Waals surface area (Å²) in [5.41, 5.74) is -0.168. The fraction of sp³-hybridized carbons (Fsp3) is 0.333. The van der Waals surface area contributed by atoms with Crippen LogP contribution in [0.3, 0.4) is 0 Å². The third-order valence-corrected chi connectivity index (χ3v) is 2.70. The number of nitrogens with one attached hydrogen (secondary N) is 1. The summed E-state index contributed by atoms with van der Waals surface area (Å²) in [7, 11) is 0. The predicted octanol–water partition coefficient (Wildman–Crippen LogP) is 1.93. The maximum absolute atomic E-state index is 11.8. The number of halogens is 1. The minimum Gasteiger partial charge on any atom is -0.464 e. The van der Waals surface area contributed by atoms with Crippen LogP contribution >= 0.6 is 11.6 Å². The monoisotopic (exact) mass is 300 g/mol. The Kier molecular flexibility index (Phi) is 5.45. The van der Waals surface area contributed by atoms with Gasteiger partial charge in [-0.3, -0.25) is 14.9 Å². The number of nitro groups is 1. The largest absolute Gasteiger partial charge is 0.464 e. The second-order valence-electron chi connectivity index (χ2n) is 3.87. The number of hydrogen-bond acceptors (Lipinski definition) is 5. The third-order valence-electron chi connectivity index (χ3n) is 2.39.